The zero-order valence-corrected chi connectivity index (χ0v) is 16.9. The van der Waals surface area contributed by atoms with Crippen molar-refractivity contribution < 1.29 is 4.79 Å². The van der Waals surface area contributed by atoms with E-state index in [9.17, 15) is 4.79 Å². The number of carbonyl (C=O) groups excluding carboxylic acids is 1. The zero-order valence-electron chi connectivity index (χ0n) is 16.9. The molecule has 2 aliphatic rings. The molecule has 5 nitrogen and oxygen atoms in total. The zero-order chi connectivity index (χ0) is 20.1. The molecule has 1 amide bonds. The van der Waals surface area contributed by atoms with Gasteiger partial charge >= 0.3 is 0 Å². The van der Waals surface area contributed by atoms with E-state index in [1.807, 2.05) is 17.0 Å². The lowest BCUT2D eigenvalue weighted by Crippen LogP contribution is -2.43. The minimum atomic E-state index is 0.238. The number of piperidine rings is 2. The van der Waals surface area contributed by atoms with Crippen LogP contribution in [0.4, 0.5) is 17.1 Å². The van der Waals surface area contributed by atoms with E-state index in [0.29, 0.717) is 12.5 Å². The molecule has 2 aromatic rings. The SMILES string of the molecule is N=Cc1cccc(N2CCCCC2CNc2ccc(N3CCCCC3=O)cc2)c1. The van der Waals surface area contributed by atoms with Crippen LogP contribution >= 0.6 is 0 Å². The maximum absolute atomic E-state index is 12.1. The lowest BCUT2D eigenvalue weighted by molar-refractivity contribution is -0.119. The predicted octanol–water partition coefficient (Wildman–Crippen LogP) is 4.67. The van der Waals surface area contributed by atoms with E-state index in [0.717, 1.165) is 49.4 Å². The van der Waals surface area contributed by atoms with Crippen molar-refractivity contribution in [1.29, 1.82) is 5.41 Å². The third-order valence-corrected chi connectivity index (χ3v) is 6.04. The molecule has 0 saturated carbocycles. The number of nitrogens with one attached hydrogen (secondary N) is 2. The first kappa shape index (κ1) is 19.5. The first-order valence-electron chi connectivity index (χ1n) is 10.8. The van der Waals surface area contributed by atoms with Crippen molar-refractivity contribution in [2.24, 2.45) is 0 Å². The van der Waals surface area contributed by atoms with Crippen LogP contribution in [0.5, 0.6) is 0 Å². The van der Waals surface area contributed by atoms with E-state index in [2.05, 4.69) is 46.6 Å². The molecule has 0 spiro atoms. The summed E-state index contributed by atoms with van der Waals surface area (Å²) in [6, 6.07) is 17.0. The van der Waals surface area contributed by atoms with Crippen molar-refractivity contribution in [3.8, 4) is 0 Å². The standard InChI is InChI=1S/C24H30N4O/c25-17-19-6-5-8-22(16-19)27-14-3-1-7-23(27)18-26-20-10-12-21(13-11-20)28-15-4-2-9-24(28)29/h5-6,8,10-13,16-17,23,25-26H,1-4,7,9,14-15,18H2. The minimum absolute atomic E-state index is 0.238. The first-order valence-corrected chi connectivity index (χ1v) is 10.8. The highest BCUT2D eigenvalue weighted by Gasteiger charge is 2.23. The van der Waals surface area contributed by atoms with Gasteiger partial charge in [0.2, 0.25) is 5.91 Å². The maximum Gasteiger partial charge on any atom is 0.226 e. The second-order valence-electron chi connectivity index (χ2n) is 8.01. The molecule has 1 unspecified atom stereocenters. The summed E-state index contributed by atoms with van der Waals surface area (Å²) in [5.74, 6) is 0.238. The lowest BCUT2D eigenvalue weighted by Gasteiger charge is -2.38. The second-order valence-corrected chi connectivity index (χ2v) is 8.01. The molecule has 0 aliphatic carbocycles. The molecule has 0 bridgehead atoms. The van der Waals surface area contributed by atoms with Gasteiger partial charge < -0.3 is 20.5 Å². The number of hydrogen-bond acceptors (Lipinski definition) is 4. The third kappa shape index (κ3) is 4.61. The van der Waals surface area contributed by atoms with Crippen LogP contribution in [-0.4, -0.2) is 37.8 Å². The summed E-state index contributed by atoms with van der Waals surface area (Å²) in [5.41, 5.74) is 4.25. The van der Waals surface area contributed by atoms with Gasteiger partial charge in [0.15, 0.2) is 0 Å². The molecule has 0 radical (unpaired) electrons. The smallest absolute Gasteiger partial charge is 0.226 e. The van der Waals surface area contributed by atoms with Crippen LogP contribution in [0.15, 0.2) is 48.5 Å². The summed E-state index contributed by atoms with van der Waals surface area (Å²) in [7, 11) is 0. The summed E-state index contributed by atoms with van der Waals surface area (Å²) in [6.07, 6.45) is 7.80. The monoisotopic (exact) mass is 390 g/mol. The van der Waals surface area contributed by atoms with E-state index >= 15 is 0 Å². The Balaban J connectivity index is 1.40. The van der Waals surface area contributed by atoms with Crippen LogP contribution in [0.25, 0.3) is 0 Å². The van der Waals surface area contributed by atoms with Gasteiger partial charge in [-0.1, -0.05) is 12.1 Å². The van der Waals surface area contributed by atoms with Crippen molar-refractivity contribution in [2.75, 3.05) is 34.8 Å². The van der Waals surface area contributed by atoms with Gasteiger partial charge in [-0.3, -0.25) is 4.79 Å². The number of hydrogen-bond donors (Lipinski definition) is 2. The number of anilines is 3. The number of benzene rings is 2. The topological polar surface area (TPSA) is 59.4 Å². The minimum Gasteiger partial charge on any atom is -0.383 e. The van der Waals surface area contributed by atoms with Crippen molar-refractivity contribution in [3.05, 3.63) is 54.1 Å². The molecule has 2 aliphatic heterocycles. The molecular weight excluding hydrogens is 360 g/mol. The fourth-order valence-corrected chi connectivity index (χ4v) is 4.42. The quantitative estimate of drug-likeness (QED) is 0.705. The Kier molecular flexibility index (Phi) is 6.13. The Hall–Kier alpha value is -2.82. The Morgan fingerprint density at radius 1 is 1.00 bits per heavy atom. The van der Waals surface area contributed by atoms with Crippen LogP contribution in [0.3, 0.4) is 0 Å². The molecule has 29 heavy (non-hydrogen) atoms. The number of carbonyl (C=O) groups is 1. The highest BCUT2D eigenvalue weighted by molar-refractivity contribution is 5.94. The predicted molar refractivity (Wildman–Crippen MR) is 120 cm³/mol. The van der Waals surface area contributed by atoms with E-state index in [-0.39, 0.29) is 5.91 Å². The van der Waals surface area contributed by atoms with E-state index in [1.165, 1.54) is 31.2 Å². The van der Waals surface area contributed by atoms with E-state index < -0.39 is 0 Å². The molecular formula is C24H30N4O. The van der Waals surface area contributed by atoms with Gasteiger partial charge in [-0.05, 0) is 74.1 Å². The number of amides is 1. The molecule has 0 aromatic heterocycles. The van der Waals surface area contributed by atoms with Crippen LogP contribution in [0.1, 0.15) is 44.1 Å². The van der Waals surface area contributed by atoms with Crippen molar-refractivity contribution in [1.82, 2.24) is 0 Å². The molecule has 2 aromatic carbocycles. The van der Waals surface area contributed by atoms with Crippen molar-refractivity contribution in [3.63, 3.8) is 0 Å². The molecule has 2 N–H and O–H groups in total. The summed E-state index contributed by atoms with van der Waals surface area (Å²) >= 11 is 0. The van der Waals surface area contributed by atoms with Crippen LogP contribution in [-0.2, 0) is 4.79 Å². The van der Waals surface area contributed by atoms with E-state index in [4.69, 9.17) is 5.41 Å². The van der Waals surface area contributed by atoms with Crippen LogP contribution in [0.2, 0.25) is 0 Å². The van der Waals surface area contributed by atoms with Crippen molar-refractivity contribution in [2.45, 2.75) is 44.6 Å². The fraction of sp³-hybridized carbons (Fsp3) is 0.417. The summed E-state index contributed by atoms with van der Waals surface area (Å²) in [4.78, 5) is 16.5. The highest BCUT2D eigenvalue weighted by Crippen LogP contribution is 2.27. The molecule has 1 atom stereocenters. The Morgan fingerprint density at radius 2 is 1.83 bits per heavy atom. The molecule has 2 heterocycles. The Labute approximate surface area is 173 Å². The van der Waals surface area contributed by atoms with Gasteiger partial charge in [0, 0.05) is 55.4 Å². The maximum atomic E-state index is 12.1. The normalized spacial score (nSPS) is 19.9. The largest absolute Gasteiger partial charge is 0.383 e. The van der Waals surface area contributed by atoms with Gasteiger partial charge in [0.05, 0.1) is 0 Å². The summed E-state index contributed by atoms with van der Waals surface area (Å²) in [6.45, 7) is 2.78. The van der Waals surface area contributed by atoms with Crippen LogP contribution in [0, 0.1) is 5.41 Å². The third-order valence-electron chi connectivity index (χ3n) is 6.04. The second kappa shape index (κ2) is 9.12. The molecule has 4 rings (SSSR count). The number of nitrogens with zero attached hydrogens (tertiary/aromatic N) is 2. The average Bonchev–Trinajstić information content (AvgIpc) is 2.79. The molecule has 5 heteroatoms. The summed E-state index contributed by atoms with van der Waals surface area (Å²) in [5, 5.41) is 11.1. The van der Waals surface area contributed by atoms with Gasteiger partial charge in [-0.15, -0.1) is 0 Å². The average molecular weight is 391 g/mol. The Morgan fingerprint density at radius 3 is 2.62 bits per heavy atom. The lowest BCUT2D eigenvalue weighted by atomic mass is 10.0. The Bertz CT molecular complexity index is 848. The van der Waals surface area contributed by atoms with Crippen LogP contribution < -0.4 is 15.1 Å². The van der Waals surface area contributed by atoms with Gasteiger partial charge in [0.25, 0.3) is 0 Å². The first-order chi connectivity index (χ1) is 14.2. The van der Waals surface area contributed by atoms with Crippen molar-refractivity contribution >= 4 is 29.2 Å². The number of rotatable bonds is 6. The van der Waals surface area contributed by atoms with Gasteiger partial charge in [-0.2, -0.15) is 0 Å². The fourth-order valence-electron chi connectivity index (χ4n) is 4.42. The molecule has 2 saturated heterocycles. The summed E-state index contributed by atoms with van der Waals surface area (Å²) < 4.78 is 0. The molecule has 152 valence electrons. The van der Waals surface area contributed by atoms with E-state index in [1.54, 1.807) is 0 Å². The highest BCUT2D eigenvalue weighted by atomic mass is 16.2. The van der Waals surface area contributed by atoms with Gasteiger partial charge in [-0.25, -0.2) is 0 Å². The molecule has 2 fully saturated rings. The van der Waals surface area contributed by atoms with Gasteiger partial charge in [0.1, 0.15) is 0 Å².